The summed E-state index contributed by atoms with van der Waals surface area (Å²) in [6, 6.07) is 39.7. The van der Waals surface area contributed by atoms with E-state index in [1.165, 1.54) is 0 Å². The van der Waals surface area contributed by atoms with E-state index < -0.39 is 0 Å². The molecule has 0 saturated heterocycles. The molecule has 0 aliphatic carbocycles. The summed E-state index contributed by atoms with van der Waals surface area (Å²) in [5, 5.41) is 8.95. The number of nitriles is 1. The van der Waals surface area contributed by atoms with E-state index in [9.17, 15) is 0 Å². The minimum absolute atomic E-state index is 0. The Morgan fingerprint density at radius 2 is 1.53 bits per heavy atom. The molecule has 34 heavy (non-hydrogen) atoms. The number of hydrogen-bond donors (Lipinski definition) is 0. The molecule has 2 heterocycles. The van der Waals surface area contributed by atoms with Gasteiger partial charge >= 0.3 is 0 Å². The van der Waals surface area contributed by atoms with Gasteiger partial charge in [0.15, 0.2) is 0 Å². The number of aromatic nitrogens is 2. The van der Waals surface area contributed by atoms with Gasteiger partial charge in [0.1, 0.15) is 0 Å². The summed E-state index contributed by atoms with van der Waals surface area (Å²) in [5.74, 6) is 0. The molecule has 1 radical (unpaired) electrons. The zero-order valence-electron chi connectivity index (χ0n) is 18.6. The largest absolute Gasteiger partial charge is 0.305 e. The number of benzene rings is 3. The van der Waals surface area contributed by atoms with Crippen molar-refractivity contribution in [2.24, 2.45) is 0 Å². The smallest absolute Gasteiger partial charge is 0.0264 e. The molecule has 0 saturated carbocycles. The van der Waals surface area contributed by atoms with Crippen LogP contribution in [0.2, 0.25) is 0 Å². The molecule has 5 aromatic rings. The van der Waals surface area contributed by atoms with Gasteiger partial charge in [0.05, 0.1) is 0 Å². The van der Waals surface area contributed by atoms with Crippen LogP contribution in [0.5, 0.6) is 0 Å². The van der Waals surface area contributed by atoms with E-state index in [4.69, 9.17) is 5.26 Å². The van der Waals surface area contributed by atoms with Crippen molar-refractivity contribution in [3.8, 4) is 39.7 Å². The van der Waals surface area contributed by atoms with Gasteiger partial charge in [0, 0.05) is 43.8 Å². The summed E-state index contributed by atoms with van der Waals surface area (Å²) in [4.78, 5) is 8.74. The van der Waals surface area contributed by atoms with Crippen LogP contribution in [0, 0.1) is 30.4 Å². The van der Waals surface area contributed by atoms with E-state index in [0.29, 0.717) is 5.56 Å². The predicted octanol–water partition coefficient (Wildman–Crippen LogP) is 6.94. The van der Waals surface area contributed by atoms with Gasteiger partial charge in [-0.3, -0.25) is 4.98 Å². The Bertz CT molecular complexity index is 1330. The number of hydrogen-bond acceptors (Lipinski definition) is 3. The molecule has 0 bridgehead atoms. The van der Waals surface area contributed by atoms with Crippen LogP contribution in [0.15, 0.2) is 109 Å². The summed E-state index contributed by atoms with van der Waals surface area (Å²) < 4.78 is 0. The molecule has 0 aliphatic heterocycles. The van der Waals surface area contributed by atoms with Gasteiger partial charge in [-0.25, -0.2) is 5.26 Å². The SMILES string of the molecule is Cc1cc(-c2[c-]c(C#N)ccc2)ncc1-c1ccccc1.[Ir].[c-]1ccccc1-c1ccccn1. The predicted molar refractivity (Wildman–Crippen MR) is 132 cm³/mol. The number of nitrogens with zero attached hydrogens (tertiary/aromatic N) is 3. The molecule has 0 fully saturated rings. The van der Waals surface area contributed by atoms with Crippen molar-refractivity contribution < 1.29 is 20.1 Å². The topological polar surface area (TPSA) is 49.6 Å². The fourth-order valence-electron chi connectivity index (χ4n) is 3.38. The van der Waals surface area contributed by atoms with E-state index in [2.05, 4.69) is 47.2 Å². The Morgan fingerprint density at radius 3 is 2.21 bits per heavy atom. The molecule has 3 aromatic carbocycles. The Morgan fingerprint density at radius 1 is 0.765 bits per heavy atom. The van der Waals surface area contributed by atoms with Gasteiger partial charge in [0.2, 0.25) is 0 Å². The summed E-state index contributed by atoms with van der Waals surface area (Å²) in [5.41, 5.74) is 7.65. The Labute approximate surface area is 214 Å². The molecule has 0 N–H and O–H groups in total. The van der Waals surface area contributed by atoms with Gasteiger partial charge in [-0.15, -0.1) is 60.2 Å². The minimum atomic E-state index is 0. The van der Waals surface area contributed by atoms with Gasteiger partial charge < -0.3 is 4.98 Å². The Hall–Kier alpha value is -3.90. The number of pyridine rings is 2. The van der Waals surface area contributed by atoms with Crippen LogP contribution in [0.4, 0.5) is 0 Å². The molecule has 4 heteroatoms. The van der Waals surface area contributed by atoms with Crippen LogP contribution in [0.1, 0.15) is 11.1 Å². The molecular weight excluding hydrogens is 595 g/mol. The van der Waals surface area contributed by atoms with Crippen molar-refractivity contribution in [1.29, 1.82) is 5.26 Å². The monoisotopic (exact) mass is 616 g/mol. The van der Waals surface area contributed by atoms with Crippen LogP contribution >= 0.6 is 0 Å². The molecule has 2 aromatic heterocycles. The zero-order chi connectivity index (χ0) is 22.9. The first-order chi connectivity index (χ1) is 16.2. The average molecular weight is 616 g/mol. The third-order valence-electron chi connectivity index (χ3n) is 5.04. The molecule has 0 unspecified atom stereocenters. The molecular formula is C30H21IrN3-2. The third kappa shape index (κ3) is 6.33. The van der Waals surface area contributed by atoms with Crippen LogP contribution < -0.4 is 0 Å². The van der Waals surface area contributed by atoms with Crippen LogP contribution in [-0.2, 0) is 20.1 Å². The molecule has 0 amide bonds. The fourth-order valence-corrected chi connectivity index (χ4v) is 3.38. The van der Waals surface area contributed by atoms with Crippen LogP contribution in [-0.4, -0.2) is 9.97 Å². The summed E-state index contributed by atoms with van der Waals surface area (Å²) >= 11 is 0. The molecule has 5 rings (SSSR count). The summed E-state index contributed by atoms with van der Waals surface area (Å²) in [7, 11) is 0. The van der Waals surface area contributed by atoms with Crippen LogP contribution in [0.3, 0.4) is 0 Å². The maximum atomic E-state index is 8.95. The van der Waals surface area contributed by atoms with Crippen molar-refractivity contribution >= 4 is 0 Å². The first-order valence-electron chi connectivity index (χ1n) is 10.6. The summed E-state index contributed by atoms with van der Waals surface area (Å²) in [6.45, 7) is 2.07. The van der Waals surface area contributed by atoms with E-state index in [0.717, 1.165) is 39.2 Å². The molecule has 0 atom stereocenters. The number of aryl methyl sites for hydroxylation is 1. The van der Waals surface area contributed by atoms with E-state index in [-0.39, 0.29) is 20.1 Å². The number of rotatable bonds is 3. The zero-order valence-corrected chi connectivity index (χ0v) is 21.0. The van der Waals surface area contributed by atoms with E-state index in [1.807, 2.05) is 85.1 Å². The maximum Gasteiger partial charge on any atom is 0.0264 e. The van der Waals surface area contributed by atoms with Crippen molar-refractivity contribution in [2.45, 2.75) is 6.92 Å². The third-order valence-corrected chi connectivity index (χ3v) is 5.04. The second kappa shape index (κ2) is 12.4. The van der Waals surface area contributed by atoms with E-state index >= 15 is 0 Å². The van der Waals surface area contributed by atoms with Crippen molar-refractivity contribution in [3.05, 3.63) is 133 Å². The molecule has 0 spiro atoms. The average Bonchev–Trinajstić information content (AvgIpc) is 2.90. The van der Waals surface area contributed by atoms with Crippen molar-refractivity contribution in [3.63, 3.8) is 0 Å². The Balaban J connectivity index is 0.000000212. The quantitative estimate of drug-likeness (QED) is 0.207. The molecule has 3 nitrogen and oxygen atoms in total. The van der Waals surface area contributed by atoms with Crippen LogP contribution in [0.25, 0.3) is 33.6 Å². The molecule has 0 aliphatic rings. The van der Waals surface area contributed by atoms with Gasteiger partial charge in [-0.1, -0.05) is 59.7 Å². The second-order valence-electron chi connectivity index (χ2n) is 7.33. The Kier molecular flexibility index (Phi) is 9.00. The minimum Gasteiger partial charge on any atom is -0.305 e. The first kappa shape index (κ1) is 24.7. The van der Waals surface area contributed by atoms with Gasteiger partial charge in [0.25, 0.3) is 0 Å². The van der Waals surface area contributed by atoms with Crippen molar-refractivity contribution in [2.75, 3.05) is 0 Å². The maximum absolute atomic E-state index is 8.95. The molecule has 167 valence electrons. The van der Waals surface area contributed by atoms with Gasteiger partial charge in [-0.2, -0.15) is 0 Å². The van der Waals surface area contributed by atoms with E-state index in [1.54, 1.807) is 12.3 Å². The first-order valence-corrected chi connectivity index (χ1v) is 10.6. The van der Waals surface area contributed by atoms with Gasteiger partial charge in [-0.05, 0) is 35.9 Å². The fraction of sp³-hybridized carbons (Fsp3) is 0.0333. The standard InChI is InChI=1S/C19H13N2.C11H8N.Ir/c1-14-10-19(17-9-5-6-15(11-17)12-20)21-13-18(14)16-7-3-2-4-8-16;1-2-6-10(7-3-1)11-8-4-5-9-12-11;/h2-10,13H,1H3;1-6,8-9H;/q2*-1;. The second-order valence-corrected chi connectivity index (χ2v) is 7.33. The normalized spacial score (nSPS) is 9.65. The van der Waals surface area contributed by atoms with Crippen molar-refractivity contribution in [1.82, 2.24) is 9.97 Å². The summed E-state index contributed by atoms with van der Waals surface area (Å²) in [6.07, 6.45) is 3.67.